The number of hydrazine groups is 1. The number of carbonyl (C=O) groups is 3. The Kier molecular flexibility index (Phi) is 8.26. The number of pyridine rings is 1. The smallest absolute Gasteiger partial charge is 0.330 e. The lowest BCUT2D eigenvalue weighted by molar-refractivity contribution is -0.141. The van der Waals surface area contributed by atoms with E-state index in [9.17, 15) is 27.6 Å². The summed E-state index contributed by atoms with van der Waals surface area (Å²) in [4.78, 5) is 42.8. The van der Waals surface area contributed by atoms with Crippen LogP contribution in [0.4, 0.5) is 23.7 Å². The predicted molar refractivity (Wildman–Crippen MR) is 131 cm³/mol. The maximum absolute atomic E-state index is 13.4. The Hall–Kier alpha value is -3.17. The van der Waals surface area contributed by atoms with E-state index in [2.05, 4.69) is 58.1 Å². The van der Waals surface area contributed by atoms with Gasteiger partial charge in [-0.1, -0.05) is 27.5 Å². The molecule has 0 radical (unpaired) electrons. The van der Waals surface area contributed by atoms with E-state index in [0.717, 1.165) is 0 Å². The zero-order chi connectivity index (χ0) is 26.8. The number of anilines is 1. The number of rotatable bonds is 4. The van der Waals surface area contributed by atoms with Crippen LogP contribution < -0.4 is 16.2 Å². The number of aromatic nitrogens is 3. The fourth-order valence-corrected chi connectivity index (χ4v) is 4.25. The third-order valence-electron chi connectivity index (χ3n) is 4.40. The molecule has 3 rings (SSSR count). The van der Waals surface area contributed by atoms with Crippen molar-refractivity contribution in [3.05, 3.63) is 67.4 Å². The average Bonchev–Trinajstić information content (AvgIpc) is 3.25. The highest BCUT2D eigenvalue weighted by Crippen LogP contribution is 2.33. The molecule has 10 nitrogen and oxygen atoms in total. The third-order valence-corrected chi connectivity index (χ3v) is 5.78. The van der Waals surface area contributed by atoms with Crippen LogP contribution in [0.15, 0.2) is 45.5 Å². The molecule has 0 aliphatic rings. The number of benzene rings is 1. The van der Waals surface area contributed by atoms with Gasteiger partial charge in [-0.05, 0) is 40.2 Å². The Morgan fingerprint density at radius 1 is 1.08 bits per heavy atom. The molecule has 0 aliphatic carbocycles. The highest BCUT2D eigenvalue weighted by molar-refractivity contribution is 9.11. The fourth-order valence-electron chi connectivity index (χ4n) is 2.72. The topological polar surface area (TPSA) is 121 Å². The Balaban J connectivity index is 2.03. The molecule has 1 aromatic carbocycles. The van der Waals surface area contributed by atoms with E-state index in [-0.39, 0.29) is 26.6 Å². The van der Waals surface area contributed by atoms with Gasteiger partial charge < -0.3 is 10.2 Å². The molecule has 0 saturated carbocycles. The molecule has 2 aromatic heterocycles. The summed E-state index contributed by atoms with van der Waals surface area (Å²) in [7, 11) is 2.91. The zero-order valence-electron chi connectivity index (χ0n) is 18.2. The highest BCUT2D eigenvalue weighted by Gasteiger charge is 2.37. The summed E-state index contributed by atoms with van der Waals surface area (Å²) in [5, 5.41) is 5.84. The minimum Gasteiger partial charge on any atom is -0.330 e. The molecule has 16 heteroatoms. The summed E-state index contributed by atoms with van der Waals surface area (Å²) in [5.41, 5.74) is 2.24. The number of nitrogens with one attached hydrogen (secondary N) is 3. The minimum absolute atomic E-state index is 0.0510. The first-order valence-electron chi connectivity index (χ1n) is 9.65. The zero-order valence-corrected chi connectivity index (χ0v) is 22.2. The van der Waals surface area contributed by atoms with Gasteiger partial charge in [-0.2, -0.15) is 18.3 Å². The molecular formula is C20H15Br2ClF3N7O3. The molecule has 4 amide bonds. The Bertz CT molecular complexity index is 1350. The number of alkyl halides is 3. The number of urea groups is 1. The van der Waals surface area contributed by atoms with Crippen molar-refractivity contribution in [1.29, 1.82) is 0 Å². The van der Waals surface area contributed by atoms with E-state index in [1.165, 1.54) is 49.5 Å². The highest BCUT2D eigenvalue weighted by atomic mass is 79.9. The normalized spacial score (nSPS) is 11.1. The molecule has 0 atom stereocenters. The summed E-state index contributed by atoms with van der Waals surface area (Å²) < 4.78 is 41.5. The second kappa shape index (κ2) is 10.8. The summed E-state index contributed by atoms with van der Waals surface area (Å²) in [6, 6.07) is 5.57. The molecule has 0 aliphatic heterocycles. The molecule has 0 saturated heterocycles. The first-order chi connectivity index (χ1) is 16.8. The molecule has 190 valence electrons. The largest absolute Gasteiger partial charge is 0.435 e. The van der Waals surface area contributed by atoms with Gasteiger partial charge >= 0.3 is 12.2 Å². The number of hydrogen-bond acceptors (Lipinski definition) is 5. The standard InChI is InChI=1S/C20H15Br2ClF3N7O3/c1-32(2)19(36)30-29-17(34)10-6-9(21)7-11(22)15(10)28-18(35)13-8-14(20(24,25)26)31-33(13)16-12(23)4-3-5-27-16/h3-8H,1-2H3,(H,28,35)(H,29,34)(H,30,36). The number of amides is 4. The second-order valence-electron chi connectivity index (χ2n) is 7.18. The molecule has 3 aromatic rings. The van der Waals surface area contributed by atoms with Crippen molar-refractivity contribution in [3.8, 4) is 5.82 Å². The predicted octanol–water partition coefficient (Wildman–Crippen LogP) is 4.63. The van der Waals surface area contributed by atoms with Crippen LogP contribution >= 0.6 is 43.5 Å². The Morgan fingerprint density at radius 3 is 2.39 bits per heavy atom. The van der Waals surface area contributed by atoms with Crippen molar-refractivity contribution in [3.63, 3.8) is 0 Å². The molecule has 36 heavy (non-hydrogen) atoms. The van der Waals surface area contributed by atoms with Crippen LogP contribution in [0.3, 0.4) is 0 Å². The monoisotopic (exact) mass is 651 g/mol. The van der Waals surface area contributed by atoms with Gasteiger partial charge in [0.2, 0.25) is 0 Å². The van der Waals surface area contributed by atoms with Crippen LogP contribution in [-0.2, 0) is 6.18 Å². The number of halogens is 6. The summed E-state index contributed by atoms with van der Waals surface area (Å²) in [5.74, 6) is -2.08. The van der Waals surface area contributed by atoms with E-state index >= 15 is 0 Å². The molecule has 3 N–H and O–H groups in total. The number of nitrogens with zero attached hydrogens (tertiary/aromatic N) is 4. The van der Waals surface area contributed by atoms with Crippen molar-refractivity contribution in [2.24, 2.45) is 0 Å². The first-order valence-corrected chi connectivity index (χ1v) is 11.6. The Morgan fingerprint density at radius 2 is 1.78 bits per heavy atom. The van der Waals surface area contributed by atoms with E-state index < -0.39 is 35.4 Å². The van der Waals surface area contributed by atoms with Crippen LogP contribution in [0.5, 0.6) is 0 Å². The summed E-state index contributed by atoms with van der Waals surface area (Å²) >= 11 is 12.5. The van der Waals surface area contributed by atoms with Gasteiger partial charge in [0.05, 0.1) is 16.3 Å². The van der Waals surface area contributed by atoms with Crippen molar-refractivity contribution in [2.75, 3.05) is 19.4 Å². The van der Waals surface area contributed by atoms with Gasteiger partial charge in [0.15, 0.2) is 11.5 Å². The lowest BCUT2D eigenvalue weighted by Gasteiger charge is -2.16. The lowest BCUT2D eigenvalue weighted by Crippen LogP contribution is -2.46. The maximum Gasteiger partial charge on any atom is 0.435 e. The van der Waals surface area contributed by atoms with E-state index in [0.29, 0.717) is 15.2 Å². The van der Waals surface area contributed by atoms with Crippen molar-refractivity contribution < 1.29 is 27.6 Å². The molecule has 0 fully saturated rings. The number of hydrogen-bond donors (Lipinski definition) is 3. The van der Waals surface area contributed by atoms with Gasteiger partial charge in [-0.25, -0.2) is 19.9 Å². The second-order valence-corrected chi connectivity index (χ2v) is 9.35. The molecule has 0 spiro atoms. The molecule has 2 heterocycles. The van der Waals surface area contributed by atoms with Crippen molar-refractivity contribution >= 4 is 67.0 Å². The molecular weight excluding hydrogens is 639 g/mol. The van der Waals surface area contributed by atoms with Crippen LogP contribution in [0.2, 0.25) is 5.02 Å². The van der Waals surface area contributed by atoms with E-state index in [1.807, 2.05) is 0 Å². The summed E-state index contributed by atoms with van der Waals surface area (Å²) in [6.07, 6.45) is -3.59. The quantitative estimate of drug-likeness (QED) is 0.355. The van der Waals surface area contributed by atoms with E-state index in [1.54, 1.807) is 0 Å². The van der Waals surface area contributed by atoms with Gasteiger partial charge in [0.25, 0.3) is 11.8 Å². The summed E-state index contributed by atoms with van der Waals surface area (Å²) in [6.45, 7) is 0. The van der Waals surface area contributed by atoms with Crippen LogP contribution in [0.25, 0.3) is 5.82 Å². The van der Waals surface area contributed by atoms with Crippen LogP contribution in [-0.4, -0.2) is 51.6 Å². The lowest BCUT2D eigenvalue weighted by atomic mass is 10.1. The number of carbonyl (C=O) groups excluding carboxylic acids is 3. The fraction of sp³-hybridized carbons (Fsp3) is 0.150. The van der Waals surface area contributed by atoms with Gasteiger partial charge in [-0.3, -0.25) is 15.0 Å². The SMILES string of the molecule is CN(C)C(=O)NNC(=O)c1cc(Br)cc(Br)c1NC(=O)c1cc(C(F)(F)F)nn1-c1ncccc1Cl. The third kappa shape index (κ3) is 6.14. The first kappa shape index (κ1) is 27.4. The van der Waals surface area contributed by atoms with Gasteiger partial charge in [-0.15, -0.1) is 0 Å². The van der Waals surface area contributed by atoms with E-state index in [4.69, 9.17) is 11.6 Å². The van der Waals surface area contributed by atoms with Gasteiger partial charge in [0.1, 0.15) is 5.69 Å². The van der Waals surface area contributed by atoms with Crippen LogP contribution in [0.1, 0.15) is 26.5 Å². The van der Waals surface area contributed by atoms with Gasteiger partial charge in [0, 0.05) is 35.3 Å². The van der Waals surface area contributed by atoms with Crippen LogP contribution in [0, 0.1) is 0 Å². The maximum atomic E-state index is 13.4. The molecule has 0 unspecified atom stereocenters. The Labute approximate surface area is 223 Å². The average molecular weight is 654 g/mol. The van der Waals surface area contributed by atoms with Crippen molar-refractivity contribution in [1.82, 2.24) is 30.5 Å². The molecule has 0 bridgehead atoms. The van der Waals surface area contributed by atoms with Crippen molar-refractivity contribution in [2.45, 2.75) is 6.18 Å². The minimum atomic E-state index is -4.87.